The summed E-state index contributed by atoms with van der Waals surface area (Å²) in [5.41, 5.74) is 0.208. The summed E-state index contributed by atoms with van der Waals surface area (Å²) in [5, 5.41) is 15.1. The van der Waals surface area contributed by atoms with Crippen LogP contribution in [-0.2, 0) is 9.53 Å². The van der Waals surface area contributed by atoms with Crippen molar-refractivity contribution in [2.45, 2.75) is 31.6 Å². The van der Waals surface area contributed by atoms with Crippen LogP contribution >= 0.6 is 0 Å². The van der Waals surface area contributed by atoms with E-state index in [9.17, 15) is 9.90 Å². The van der Waals surface area contributed by atoms with Crippen molar-refractivity contribution in [3.63, 3.8) is 0 Å². The van der Waals surface area contributed by atoms with Gasteiger partial charge in [-0.1, -0.05) is 0 Å². The van der Waals surface area contributed by atoms with Crippen molar-refractivity contribution in [3.05, 3.63) is 0 Å². The highest BCUT2D eigenvalue weighted by Crippen LogP contribution is 2.20. The van der Waals surface area contributed by atoms with Gasteiger partial charge < -0.3 is 9.84 Å². The third kappa shape index (κ3) is 1.78. The van der Waals surface area contributed by atoms with Gasteiger partial charge in [0.1, 0.15) is 18.0 Å². The summed E-state index contributed by atoms with van der Waals surface area (Å²) < 4.78 is 5.49. The average Bonchev–Trinajstić information content (AvgIpc) is 2.61. The highest BCUT2D eigenvalue weighted by atomic mass is 16.5. The minimum atomic E-state index is -0.752. The molecular formula is C9H14N2O3. The molecule has 1 fully saturated rings. The monoisotopic (exact) mass is 198 g/mol. The zero-order valence-electron chi connectivity index (χ0n) is 7.93. The SMILES string of the molecule is O=CC1=NN(C2CCCCO2)CC1O. The van der Waals surface area contributed by atoms with Crippen LogP contribution in [0, 0.1) is 0 Å². The van der Waals surface area contributed by atoms with Gasteiger partial charge in [-0.05, 0) is 19.3 Å². The maximum atomic E-state index is 10.5. The van der Waals surface area contributed by atoms with E-state index in [1.54, 1.807) is 5.01 Å². The number of hydrogen-bond acceptors (Lipinski definition) is 5. The Balaban J connectivity index is 1.99. The number of ether oxygens (including phenoxy) is 1. The summed E-state index contributed by atoms with van der Waals surface area (Å²) in [4.78, 5) is 10.5. The zero-order chi connectivity index (χ0) is 9.97. The molecule has 0 aromatic heterocycles. The Bertz CT molecular complexity index is 248. The van der Waals surface area contributed by atoms with Crippen LogP contribution in [0.25, 0.3) is 0 Å². The molecule has 0 amide bonds. The third-order valence-corrected chi connectivity index (χ3v) is 2.55. The molecule has 2 heterocycles. The molecule has 0 spiro atoms. The van der Waals surface area contributed by atoms with Crippen molar-refractivity contribution >= 4 is 12.0 Å². The quantitative estimate of drug-likeness (QED) is 0.621. The van der Waals surface area contributed by atoms with E-state index in [1.165, 1.54) is 0 Å². The van der Waals surface area contributed by atoms with Crippen molar-refractivity contribution < 1.29 is 14.6 Å². The van der Waals surface area contributed by atoms with Crippen molar-refractivity contribution in [3.8, 4) is 0 Å². The molecule has 1 N–H and O–H groups in total. The fraction of sp³-hybridized carbons (Fsp3) is 0.778. The lowest BCUT2D eigenvalue weighted by atomic mass is 10.2. The van der Waals surface area contributed by atoms with Gasteiger partial charge in [-0.3, -0.25) is 9.80 Å². The van der Waals surface area contributed by atoms with E-state index in [2.05, 4.69) is 5.10 Å². The molecule has 2 aliphatic heterocycles. The molecule has 2 unspecified atom stereocenters. The molecule has 0 aliphatic carbocycles. The second-order valence-electron chi connectivity index (χ2n) is 3.60. The second kappa shape index (κ2) is 4.06. The molecule has 0 radical (unpaired) electrons. The first-order valence-corrected chi connectivity index (χ1v) is 4.91. The van der Waals surface area contributed by atoms with Crippen molar-refractivity contribution in [1.29, 1.82) is 0 Å². The van der Waals surface area contributed by atoms with Crippen LogP contribution in [0.3, 0.4) is 0 Å². The van der Waals surface area contributed by atoms with Gasteiger partial charge in [-0.2, -0.15) is 5.10 Å². The van der Waals surface area contributed by atoms with Crippen LogP contribution in [0.4, 0.5) is 0 Å². The largest absolute Gasteiger partial charge is 0.385 e. The molecule has 14 heavy (non-hydrogen) atoms. The number of β-amino-alcohol motifs (C(OH)–C–C–N with tert-alkyl or cyclic N) is 1. The van der Waals surface area contributed by atoms with Gasteiger partial charge in [0.15, 0.2) is 6.29 Å². The summed E-state index contributed by atoms with van der Waals surface area (Å²) in [6, 6.07) is 0. The van der Waals surface area contributed by atoms with Crippen LogP contribution in [0.15, 0.2) is 5.10 Å². The van der Waals surface area contributed by atoms with Gasteiger partial charge in [0.05, 0.1) is 6.54 Å². The predicted octanol–water partition coefficient (Wildman–Crippen LogP) is -0.256. The van der Waals surface area contributed by atoms with Gasteiger partial charge in [0, 0.05) is 6.61 Å². The van der Waals surface area contributed by atoms with Gasteiger partial charge in [-0.15, -0.1) is 0 Å². The van der Waals surface area contributed by atoms with Crippen molar-refractivity contribution in [2.24, 2.45) is 5.10 Å². The van der Waals surface area contributed by atoms with Crippen LogP contribution in [0.2, 0.25) is 0 Å². The highest BCUT2D eigenvalue weighted by Gasteiger charge is 2.30. The van der Waals surface area contributed by atoms with Crippen LogP contribution < -0.4 is 0 Å². The number of rotatable bonds is 2. The normalized spacial score (nSPS) is 32.9. The number of aliphatic hydroxyl groups excluding tert-OH is 1. The third-order valence-electron chi connectivity index (χ3n) is 2.55. The minimum Gasteiger partial charge on any atom is -0.385 e. The lowest BCUT2D eigenvalue weighted by Gasteiger charge is -2.29. The molecule has 0 bridgehead atoms. The van der Waals surface area contributed by atoms with E-state index < -0.39 is 6.10 Å². The molecule has 0 aromatic carbocycles. The van der Waals surface area contributed by atoms with E-state index in [4.69, 9.17) is 4.74 Å². The molecule has 0 saturated carbocycles. The van der Waals surface area contributed by atoms with Gasteiger partial charge in [0.25, 0.3) is 0 Å². The molecular weight excluding hydrogens is 184 g/mol. The predicted molar refractivity (Wildman–Crippen MR) is 49.8 cm³/mol. The summed E-state index contributed by atoms with van der Waals surface area (Å²) in [6.07, 6.45) is 2.91. The lowest BCUT2D eigenvalue weighted by Crippen LogP contribution is -2.36. The number of aldehydes is 1. The Morgan fingerprint density at radius 3 is 3.00 bits per heavy atom. The number of carbonyl (C=O) groups is 1. The molecule has 2 atom stereocenters. The Hall–Kier alpha value is -0.940. The number of nitrogens with zero attached hydrogens (tertiary/aromatic N) is 2. The Morgan fingerprint density at radius 1 is 1.57 bits per heavy atom. The first kappa shape index (κ1) is 9.61. The Labute approximate surface area is 82.3 Å². The van der Waals surface area contributed by atoms with Crippen LogP contribution in [-0.4, -0.2) is 47.6 Å². The van der Waals surface area contributed by atoms with Gasteiger partial charge in [0.2, 0.25) is 0 Å². The molecule has 5 nitrogen and oxygen atoms in total. The summed E-state index contributed by atoms with van der Waals surface area (Å²) >= 11 is 0. The highest BCUT2D eigenvalue weighted by molar-refractivity contribution is 6.30. The maximum absolute atomic E-state index is 10.5. The summed E-state index contributed by atoms with van der Waals surface area (Å²) in [6.45, 7) is 1.11. The van der Waals surface area contributed by atoms with Crippen LogP contribution in [0.5, 0.6) is 0 Å². The second-order valence-corrected chi connectivity index (χ2v) is 3.60. The first-order valence-electron chi connectivity index (χ1n) is 4.91. The smallest absolute Gasteiger partial charge is 0.168 e. The molecule has 2 rings (SSSR count). The molecule has 2 aliphatic rings. The molecule has 5 heteroatoms. The first-order chi connectivity index (χ1) is 6.81. The standard InChI is InChI=1S/C9H14N2O3/c12-6-7-8(13)5-11(10-7)9-3-1-2-4-14-9/h6,8-9,13H,1-5H2. The maximum Gasteiger partial charge on any atom is 0.168 e. The van der Waals surface area contributed by atoms with E-state index in [1.807, 2.05) is 0 Å². The molecule has 78 valence electrons. The van der Waals surface area contributed by atoms with Gasteiger partial charge in [-0.25, -0.2) is 0 Å². The minimum absolute atomic E-state index is 0.0594. The Kier molecular flexibility index (Phi) is 2.79. The van der Waals surface area contributed by atoms with E-state index in [0.717, 1.165) is 25.9 Å². The number of aliphatic hydroxyl groups is 1. The van der Waals surface area contributed by atoms with E-state index in [0.29, 0.717) is 12.8 Å². The van der Waals surface area contributed by atoms with Gasteiger partial charge >= 0.3 is 0 Å². The van der Waals surface area contributed by atoms with Crippen LogP contribution in [0.1, 0.15) is 19.3 Å². The fourth-order valence-corrected chi connectivity index (χ4v) is 1.77. The fourth-order valence-electron chi connectivity index (χ4n) is 1.77. The Morgan fingerprint density at radius 2 is 2.43 bits per heavy atom. The zero-order valence-corrected chi connectivity index (χ0v) is 7.93. The number of hydrazone groups is 1. The lowest BCUT2D eigenvalue weighted by molar-refractivity contribution is -0.103. The summed E-state index contributed by atoms with van der Waals surface area (Å²) in [7, 11) is 0. The average molecular weight is 198 g/mol. The number of carbonyl (C=O) groups excluding carboxylic acids is 1. The van der Waals surface area contributed by atoms with Crippen molar-refractivity contribution in [1.82, 2.24) is 5.01 Å². The summed E-state index contributed by atoms with van der Waals surface area (Å²) in [5.74, 6) is 0. The number of hydrogen-bond donors (Lipinski definition) is 1. The molecule has 0 aromatic rings. The van der Waals surface area contributed by atoms with E-state index >= 15 is 0 Å². The van der Waals surface area contributed by atoms with Crippen molar-refractivity contribution in [2.75, 3.05) is 13.2 Å². The topological polar surface area (TPSA) is 62.1 Å². The molecule has 1 saturated heterocycles. The van der Waals surface area contributed by atoms with E-state index in [-0.39, 0.29) is 11.9 Å².